The third-order valence-electron chi connectivity index (χ3n) is 3.48. The fraction of sp³-hybridized carbons (Fsp3) is 0.909. The number of aromatic nitrogens is 4. The zero-order chi connectivity index (χ0) is 12.2. The lowest BCUT2D eigenvalue weighted by Gasteiger charge is -2.25. The van der Waals surface area contributed by atoms with Crippen LogP contribution >= 0.6 is 0 Å². The second kappa shape index (κ2) is 5.73. The molecule has 0 unspecified atom stereocenters. The van der Waals surface area contributed by atoms with E-state index >= 15 is 0 Å². The summed E-state index contributed by atoms with van der Waals surface area (Å²) in [6.45, 7) is 5.93. The predicted molar refractivity (Wildman–Crippen MR) is 62.9 cm³/mol. The Labute approximate surface area is 106 Å². The molecule has 1 atom stereocenters. The minimum absolute atomic E-state index is 0.275. The van der Waals surface area contributed by atoms with E-state index in [-0.39, 0.29) is 6.10 Å². The highest BCUT2D eigenvalue weighted by Crippen LogP contribution is 2.14. The normalized spacial score (nSPS) is 25.7. The topological polar surface area (TPSA) is 65.3 Å². The van der Waals surface area contributed by atoms with Gasteiger partial charge in [0, 0.05) is 19.7 Å². The van der Waals surface area contributed by atoms with E-state index in [0.717, 1.165) is 64.7 Å². The van der Waals surface area contributed by atoms with Gasteiger partial charge in [-0.05, 0) is 23.3 Å². The zero-order valence-electron chi connectivity index (χ0n) is 10.5. The fourth-order valence-electron chi connectivity index (χ4n) is 2.42. The molecule has 0 spiro atoms. The SMILES string of the molecule is C1CO[C@H](Cn2nnnc2CN2CCOCC2)C1. The molecule has 2 aliphatic rings. The Hall–Kier alpha value is -1.05. The Morgan fingerprint density at radius 3 is 2.89 bits per heavy atom. The molecule has 0 aliphatic carbocycles. The van der Waals surface area contributed by atoms with Gasteiger partial charge in [0.2, 0.25) is 0 Å². The Morgan fingerprint density at radius 1 is 1.22 bits per heavy atom. The monoisotopic (exact) mass is 253 g/mol. The van der Waals surface area contributed by atoms with Gasteiger partial charge in [-0.1, -0.05) is 0 Å². The van der Waals surface area contributed by atoms with E-state index in [1.807, 2.05) is 4.68 Å². The molecule has 7 nitrogen and oxygen atoms in total. The van der Waals surface area contributed by atoms with E-state index in [4.69, 9.17) is 9.47 Å². The summed E-state index contributed by atoms with van der Waals surface area (Å²) in [7, 11) is 0. The molecule has 7 heteroatoms. The summed E-state index contributed by atoms with van der Waals surface area (Å²) in [6, 6.07) is 0. The first-order chi connectivity index (χ1) is 8.92. The van der Waals surface area contributed by atoms with Gasteiger partial charge in [-0.25, -0.2) is 4.68 Å². The van der Waals surface area contributed by atoms with Crippen molar-refractivity contribution in [3.05, 3.63) is 5.82 Å². The largest absolute Gasteiger partial charge is 0.379 e. The van der Waals surface area contributed by atoms with Crippen LogP contribution in [-0.2, 0) is 22.6 Å². The summed E-state index contributed by atoms with van der Waals surface area (Å²) in [5, 5.41) is 12.0. The van der Waals surface area contributed by atoms with Crippen LogP contribution in [0.5, 0.6) is 0 Å². The van der Waals surface area contributed by atoms with Crippen LogP contribution in [0.25, 0.3) is 0 Å². The van der Waals surface area contributed by atoms with Crippen LogP contribution in [0.3, 0.4) is 0 Å². The van der Waals surface area contributed by atoms with E-state index < -0.39 is 0 Å². The molecule has 1 aromatic heterocycles. The molecule has 0 aromatic carbocycles. The van der Waals surface area contributed by atoms with Gasteiger partial charge in [-0.3, -0.25) is 4.90 Å². The van der Waals surface area contributed by atoms with Crippen molar-refractivity contribution in [3.63, 3.8) is 0 Å². The summed E-state index contributed by atoms with van der Waals surface area (Å²) in [5.74, 6) is 0.924. The van der Waals surface area contributed by atoms with Crippen LogP contribution in [0.15, 0.2) is 0 Å². The fourth-order valence-corrected chi connectivity index (χ4v) is 2.42. The maximum Gasteiger partial charge on any atom is 0.165 e. The van der Waals surface area contributed by atoms with E-state index in [0.29, 0.717) is 0 Å². The van der Waals surface area contributed by atoms with E-state index in [1.165, 1.54) is 0 Å². The maximum absolute atomic E-state index is 5.62. The summed E-state index contributed by atoms with van der Waals surface area (Å²) >= 11 is 0. The highest BCUT2D eigenvalue weighted by molar-refractivity contribution is 4.83. The Morgan fingerprint density at radius 2 is 2.11 bits per heavy atom. The van der Waals surface area contributed by atoms with Crippen molar-refractivity contribution in [1.82, 2.24) is 25.1 Å². The van der Waals surface area contributed by atoms with Gasteiger partial charge in [0.15, 0.2) is 5.82 Å². The second-order valence-electron chi connectivity index (χ2n) is 4.80. The van der Waals surface area contributed by atoms with Crippen molar-refractivity contribution in [2.45, 2.75) is 32.0 Å². The zero-order valence-corrected chi connectivity index (χ0v) is 10.5. The molecule has 18 heavy (non-hydrogen) atoms. The van der Waals surface area contributed by atoms with E-state index in [9.17, 15) is 0 Å². The molecule has 0 radical (unpaired) electrons. The summed E-state index contributed by atoms with van der Waals surface area (Å²) < 4.78 is 12.8. The average Bonchev–Trinajstić information content (AvgIpc) is 3.04. The van der Waals surface area contributed by atoms with Gasteiger partial charge in [-0.2, -0.15) is 0 Å². The summed E-state index contributed by atoms with van der Waals surface area (Å²) in [4.78, 5) is 2.32. The molecule has 1 aromatic rings. The Kier molecular flexibility index (Phi) is 3.82. The molecule has 3 rings (SSSR count). The molecule has 0 amide bonds. The smallest absolute Gasteiger partial charge is 0.165 e. The van der Waals surface area contributed by atoms with Crippen molar-refractivity contribution in [2.24, 2.45) is 0 Å². The summed E-state index contributed by atoms with van der Waals surface area (Å²) in [5.41, 5.74) is 0. The van der Waals surface area contributed by atoms with Gasteiger partial charge in [0.25, 0.3) is 0 Å². The van der Waals surface area contributed by atoms with Crippen LogP contribution < -0.4 is 0 Å². The molecule has 0 N–H and O–H groups in total. The van der Waals surface area contributed by atoms with Crippen LogP contribution in [0.4, 0.5) is 0 Å². The molecule has 2 saturated heterocycles. The standard InChI is InChI=1S/C11H19N5O2/c1-2-10(18-5-1)8-16-11(12-13-14-16)9-15-3-6-17-7-4-15/h10H,1-9H2/t10-/m0/s1. The van der Waals surface area contributed by atoms with Gasteiger partial charge in [-0.15, -0.1) is 5.10 Å². The van der Waals surface area contributed by atoms with E-state index in [2.05, 4.69) is 20.4 Å². The average molecular weight is 253 g/mol. The van der Waals surface area contributed by atoms with Gasteiger partial charge < -0.3 is 9.47 Å². The lowest BCUT2D eigenvalue weighted by molar-refractivity contribution is 0.0316. The molecular weight excluding hydrogens is 234 g/mol. The van der Waals surface area contributed by atoms with Crippen LogP contribution in [0.1, 0.15) is 18.7 Å². The predicted octanol–water partition coefficient (Wildman–Crippen LogP) is -0.316. The Balaban J connectivity index is 1.59. The van der Waals surface area contributed by atoms with Gasteiger partial charge in [0.1, 0.15) is 0 Å². The van der Waals surface area contributed by atoms with Gasteiger partial charge in [0.05, 0.1) is 32.4 Å². The molecular formula is C11H19N5O2. The second-order valence-corrected chi connectivity index (χ2v) is 4.80. The van der Waals surface area contributed by atoms with Crippen molar-refractivity contribution < 1.29 is 9.47 Å². The maximum atomic E-state index is 5.62. The number of tetrazole rings is 1. The number of hydrogen-bond donors (Lipinski definition) is 0. The number of rotatable bonds is 4. The third kappa shape index (κ3) is 2.85. The molecule has 3 heterocycles. The quantitative estimate of drug-likeness (QED) is 0.733. The van der Waals surface area contributed by atoms with Crippen molar-refractivity contribution in [1.29, 1.82) is 0 Å². The third-order valence-corrected chi connectivity index (χ3v) is 3.48. The molecule has 0 bridgehead atoms. The number of ether oxygens (including phenoxy) is 2. The first-order valence-electron chi connectivity index (χ1n) is 6.58. The van der Waals surface area contributed by atoms with Crippen LogP contribution in [0.2, 0.25) is 0 Å². The molecule has 2 aliphatic heterocycles. The van der Waals surface area contributed by atoms with Crippen LogP contribution in [0, 0.1) is 0 Å². The Bertz CT molecular complexity index is 371. The lowest BCUT2D eigenvalue weighted by atomic mass is 10.2. The minimum atomic E-state index is 0.275. The van der Waals surface area contributed by atoms with Crippen molar-refractivity contribution in [2.75, 3.05) is 32.9 Å². The highest BCUT2D eigenvalue weighted by atomic mass is 16.5. The highest BCUT2D eigenvalue weighted by Gasteiger charge is 2.20. The molecule has 0 saturated carbocycles. The van der Waals surface area contributed by atoms with Gasteiger partial charge >= 0.3 is 0 Å². The van der Waals surface area contributed by atoms with Crippen molar-refractivity contribution in [3.8, 4) is 0 Å². The first-order valence-corrected chi connectivity index (χ1v) is 6.58. The lowest BCUT2D eigenvalue weighted by Crippen LogP contribution is -2.36. The molecule has 2 fully saturated rings. The number of morpholine rings is 1. The van der Waals surface area contributed by atoms with Crippen LogP contribution in [-0.4, -0.2) is 64.1 Å². The van der Waals surface area contributed by atoms with Crippen molar-refractivity contribution >= 4 is 0 Å². The minimum Gasteiger partial charge on any atom is -0.379 e. The number of hydrogen-bond acceptors (Lipinski definition) is 6. The molecule has 100 valence electrons. The first kappa shape index (κ1) is 12.0. The summed E-state index contributed by atoms with van der Waals surface area (Å²) in [6.07, 6.45) is 2.53. The van der Waals surface area contributed by atoms with E-state index in [1.54, 1.807) is 0 Å². The number of nitrogens with zero attached hydrogens (tertiary/aromatic N) is 5.